The lowest BCUT2D eigenvalue weighted by atomic mass is 9.96. The number of nitrogens with zero attached hydrogens (tertiary/aromatic N) is 2. The number of nitrogens with one attached hydrogen (secondary N) is 1. The lowest BCUT2D eigenvalue weighted by Crippen LogP contribution is -2.48. The van der Waals surface area contributed by atoms with Crippen LogP contribution in [0, 0.1) is 0 Å². The summed E-state index contributed by atoms with van der Waals surface area (Å²) in [7, 11) is 0. The van der Waals surface area contributed by atoms with Gasteiger partial charge in [-0.2, -0.15) is 10.2 Å². The summed E-state index contributed by atoms with van der Waals surface area (Å²) in [5.41, 5.74) is 2.93. The molecule has 0 unspecified atom stereocenters. The van der Waals surface area contributed by atoms with Crippen LogP contribution in [0.2, 0.25) is 0 Å². The zero-order valence-electron chi connectivity index (χ0n) is 10.5. The molecule has 0 aromatic heterocycles. The van der Waals surface area contributed by atoms with Gasteiger partial charge in [-0.15, -0.1) is 12.4 Å². The SMILES string of the molecule is Cl.O=C(CC1=NN=C(c2ccccc2)C1)[C@@H]1CCN1. The highest BCUT2D eigenvalue weighted by molar-refractivity contribution is 6.19. The van der Waals surface area contributed by atoms with Gasteiger partial charge in [-0.1, -0.05) is 30.3 Å². The Balaban J connectivity index is 0.00000133. The van der Waals surface area contributed by atoms with Crippen molar-refractivity contribution in [3.63, 3.8) is 0 Å². The molecule has 1 atom stereocenters. The minimum atomic E-state index is 0. The minimum Gasteiger partial charge on any atom is -0.307 e. The molecule has 4 nitrogen and oxygen atoms in total. The molecule has 3 rings (SSSR count). The van der Waals surface area contributed by atoms with E-state index < -0.39 is 0 Å². The predicted molar refractivity (Wildman–Crippen MR) is 78.3 cm³/mol. The molecule has 19 heavy (non-hydrogen) atoms. The van der Waals surface area contributed by atoms with Gasteiger partial charge < -0.3 is 5.32 Å². The summed E-state index contributed by atoms with van der Waals surface area (Å²) in [6.45, 7) is 0.953. The topological polar surface area (TPSA) is 53.8 Å². The Morgan fingerprint density at radius 3 is 2.63 bits per heavy atom. The third-order valence-corrected chi connectivity index (χ3v) is 3.38. The van der Waals surface area contributed by atoms with Gasteiger partial charge in [0.15, 0.2) is 5.78 Å². The summed E-state index contributed by atoms with van der Waals surface area (Å²) < 4.78 is 0. The van der Waals surface area contributed by atoms with Crippen LogP contribution in [0.15, 0.2) is 40.5 Å². The molecule has 2 aliphatic heterocycles. The van der Waals surface area contributed by atoms with Crippen LogP contribution in [-0.4, -0.2) is 29.8 Å². The first kappa shape index (κ1) is 13.9. The van der Waals surface area contributed by atoms with E-state index in [1.165, 1.54) is 0 Å². The lowest BCUT2D eigenvalue weighted by Gasteiger charge is -2.25. The Hall–Kier alpha value is -1.52. The molecular weight excluding hydrogens is 262 g/mol. The second kappa shape index (κ2) is 6.08. The zero-order valence-corrected chi connectivity index (χ0v) is 11.3. The number of ketones is 1. The Labute approximate surface area is 118 Å². The van der Waals surface area contributed by atoms with Crippen LogP contribution in [0.4, 0.5) is 0 Å². The second-order valence-electron chi connectivity index (χ2n) is 4.69. The van der Waals surface area contributed by atoms with Crippen molar-refractivity contribution >= 4 is 29.6 Å². The van der Waals surface area contributed by atoms with Gasteiger partial charge in [-0.3, -0.25) is 4.79 Å². The summed E-state index contributed by atoms with van der Waals surface area (Å²) in [6, 6.07) is 10.0. The minimum absolute atomic E-state index is 0. The quantitative estimate of drug-likeness (QED) is 0.915. The molecule has 0 radical (unpaired) electrons. The van der Waals surface area contributed by atoms with Gasteiger partial charge in [0.1, 0.15) is 0 Å². The first-order valence-corrected chi connectivity index (χ1v) is 6.27. The van der Waals surface area contributed by atoms with Gasteiger partial charge in [-0.05, 0) is 18.5 Å². The normalized spacial score (nSPS) is 20.9. The Morgan fingerprint density at radius 2 is 2.00 bits per heavy atom. The van der Waals surface area contributed by atoms with Crippen molar-refractivity contribution in [3.05, 3.63) is 35.9 Å². The lowest BCUT2D eigenvalue weighted by molar-refractivity contribution is -0.121. The summed E-state index contributed by atoms with van der Waals surface area (Å²) in [5, 5.41) is 11.4. The number of Topliss-reactive ketones (excluding diaryl/α,β-unsaturated/α-hetero) is 1. The Kier molecular flexibility index (Phi) is 4.45. The highest BCUT2D eigenvalue weighted by Gasteiger charge is 2.26. The molecule has 100 valence electrons. The molecule has 1 fully saturated rings. The summed E-state index contributed by atoms with van der Waals surface area (Å²) >= 11 is 0. The fourth-order valence-electron chi connectivity index (χ4n) is 2.17. The average molecular weight is 278 g/mol. The van der Waals surface area contributed by atoms with Crippen LogP contribution in [0.1, 0.15) is 24.8 Å². The van der Waals surface area contributed by atoms with Crippen LogP contribution in [0.5, 0.6) is 0 Å². The Morgan fingerprint density at radius 1 is 1.26 bits per heavy atom. The van der Waals surface area contributed by atoms with Crippen LogP contribution in [-0.2, 0) is 4.79 Å². The molecule has 0 saturated carbocycles. The standard InChI is InChI=1S/C14H15N3O.ClH/c18-14(12-6-7-15-12)9-11-8-13(17-16-11)10-4-2-1-3-5-10;/h1-5,12,15H,6-9H2;1H/t12-;/m0./s1. The second-order valence-corrected chi connectivity index (χ2v) is 4.69. The van der Waals surface area contributed by atoms with Crippen LogP contribution >= 0.6 is 12.4 Å². The molecule has 1 N–H and O–H groups in total. The van der Waals surface area contributed by atoms with E-state index in [9.17, 15) is 4.79 Å². The van der Waals surface area contributed by atoms with Crippen molar-refractivity contribution in [2.45, 2.75) is 25.3 Å². The van der Waals surface area contributed by atoms with Crippen LogP contribution in [0.3, 0.4) is 0 Å². The molecule has 5 heteroatoms. The molecule has 0 aliphatic carbocycles. The third kappa shape index (κ3) is 3.08. The first-order valence-electron chi connectivity index (χ1n) is 6.27. The smallest absolute Gasteiger partial charge is 0.155 e. The van der Waals surface area contributed by atoms with Gasteiger partial charge in [-0.25, -0.2) is 0 Å². The largest absolute Gasteiger partial charge is 0.307 e. The molecule has 1 saturated heterocycles. The van der Waals surface area contributed by atoms with Gasteiger partial charge >= 0.3 is 0 Å². The van der Waals surface area contributed by atoms with Gasteiger partial charge in [0, 0.05) is 12.8 Å². The maximum atomic E-state index is 11.8. The van der Waals surface area contributed by atoms with E-state index in [4.69, 9.17) is 0 Å². The zero-order chi connectivity index (χ0) is 12.4. The maximum absolute atomic E-state index is 11.8. The fourth-order valence-corrected chi connectivity index (χ4v) is 2.17. The number of benzene rings is 1. The number of halogens is 1. The number of carbonyl (C=O) groups excluding carboxylic acids is 1. The van der Waals surface area contributed by atoms with Crippen molar-refractivity contribution in [3.8, 4) is 0 Å². The first-order chi connectivity index (χ1) is 8.83. The molecule has 1 aromatic carbocycles. The Bertz CT molecular complexity index is 521. The van der Waals surface area contributed by atoms with Crippen LogP contribution < -0.4 is 5.32 Å². The molecule has 0 amide bonds. The van der Waals surface area contributed by atoms with E-state index in [2.05, 4.69) is 15.5 Å². The van der Waals surface area contributed by atoms with E-state index in [1.54, 1.807) is 0 Å². The molecule has 1 aromatic rings. The number of hydrogen-bond donors (Lipinski definition) is 1. The van der Waals surface area contributed by atoms with Crippen molar-refractivity contribution < 1.29 is 4.79 Å². The average Bonchev–Trinajstić information content (AvgIpc) is 2.76. The molecule has 0 spiro atoms. The third-order valence-electron chi connectivity index (χ3n) is 3.38. The van der Waals surface area contributed by atoms with Crippen molar-refractivity contribution in [1.82, 2.24) is 5.32 Å². The monoisotopic (exact) mass is 277 g/mol. The highest BCUT2D eigenvalue weighted by atomic mass is 35.5. The fraction of sp³-hybridized carbons (Fsp3) is 0.357. The van der Waals surface area contributed by atoms with Gasteiger partial charge in [0.2, 0.25) is 0 Å². The maximum Gasteiger partial charge on any atom is 0.155 e. The van der Waals surface area contributed by atoms with E-state index in [0.29, 0.717) is 12.8 Å². The van der Waals surface area contributed by atoms with E-state index in [0.717, 1.165) is 30.0 Å². The van der Waals surface area contributed by atoms with E-state index >= 15 is 0 Å². The van der Waals surface area contributed by atoms with Crippen molar-refractivity contribution in [2.24, 2.45) is 10.2 Å². The van der Waals surface area contributed by atoms with E-state index in [-0.39, 0.29) is 24.2 Å². The van der Waals surface area contributed by atoms with Gasteiger partial charge in [0.05, 0.1) is 17.5 Å². The van der Waals surface area contributed by atoms with Crippen LogP contribution in [0.25, 0.3) is 0 Å². The summed E-state index contributed by atoms with van der Waals surface area (Å²) in [5.74, 6) is 0.240. The van der Waals surface area contributed by atoms with Crippen molar-refractivity contribution in [2.75, 3.05) is 6.54 Å². The molecular formula is C14H16ClN3O. The number of carbonyl (C=O) groups is 1. The predicted octanol–water partition coefficient (Wildman–Crippen LogP) is 1.98. The van der Waals surface area contributed by atoms with E-state index in [1.807, 2.05) is 30.3 Å². The molecule has 2 aliphatic rings. The summed E-state index contributed by atoms with van der Waals surface area (Å²) in [4.78, 5) is 11.8. The van der Waals surface area contributed by atoms with Crippen molar-refractivity contribution in [1.29, 1.82) is 0 Å². The number of rotatable bonds is 4. The molecule has 0 bridgehead atoms. The molecule has 2 heterocycles. The highest BCUT2D eigenvalue weighted by Crippen LogP contribution is 2.15. The summed E-state index contributed by atoms with van der Waals surface area (Å²) in [6.07, 6.45) is 2.08. The van der Waals surface area contributed by atoms with Gasteiger partial charge in [0.25, 0.3) is 0 Å². The number of hydrogen-bond acceptors (Lipinski definition) is 4.